The van der Waals surface area contributed by atoms with Gasteiger partial charge in [-0.05, 0) is 0 Å². The molecule has 0 aliphatic carbocycles. The van der Waals surface area contributed by atoms with Crippen molar-refractivity contribution in [2.75, 3.05) is 13.2 Å². The van der Waals surface area contributed by atoms with Crippen LogP contribution >= 0.6 is 27.6 Å². The van der Waals surface area contributed by atoms with E-state index in [1.54, 1.807) is 13.8 Å². The van der Waals surface area contributed by atoms with Crippen LogP contribution < -0.4 is 0 Å². The van der Waals surface area contributed by atoms with Gasteiger partial charge in [-0.25, -0.2) is 0 Å². The first kappa shape index (κ1) is 11.5. The van der Waals surface area contributed by atoms with Crippen LogP contribution in [0.5, 0.6) is 0 Å². The van der Waals surface area contributed by atoms with Crippen LogP contribution in [0.2, 0.25) is 0 Å². The van der Waals surface area contributed by atoms with E-state index in [2.05, 4.69) is 0 Å². The van der Waals surface area contributed by atoms with Crippen LogP contribution in [0.25, 0.3) is 0 Å². The zero-order chi connectivity index (χ0) is 8.28. The van der Waals surface area contributed by atoms with Gasteiger partial charge in [0.05, 0.1) is 0 Å². The Morgan fingerprint density at radius 2 is 1.30 bits per heavy atom. The first-order valence-corrected chi connectivity index (χ1v) is 17.4. The van der Waals surface area contributed by atoms with Gasteiger partial charge >= 0.3 is 74.5 Å². The molecule has 0 bridgehead atoms. The molecule has 2 nitrogen and oxygen atoms in total. The Morgan fingerprint density at radius 1 is 1.00 bits per heavy atom. The summed E-state index contributed by atoms with van der Waals surface area (Å²) in [5.74, 6) is 0. The topological polar surface area (TPSA) is 18.5 Å². The second-order valence-electron chi connectivity index (χ2n) is 1.52. The van der Waals surface area contributed by atoms with E-state index in [0.29, 0.717) is 13.2 Å². The van der Waals surface area contributed by atoms with Gasteiger partial charge in [0.15, 0.2) is 0 Å². The molecule has 0 aromatic rings. The molecule has 0 aliphatic rings. The molecule has 10 heavy (non-hydrogen) atoms. The molecule has 0 heterocycles. The quantitative estimate of drug-likeness (QED) is 0.750. The van der Waals surface area contributed by atoms with Gasteiger partial charge in [0, 0.05) is 0 Å². The van der Waals surface area contributed by atoms with Gasteiger partial charge in [0.1, 0.15) is 0 Å². The maximum atomic E-state index is 5.69. The molecule has 0 radical (unpaired) electrons. The molecule has 0 aromatic heterocycles. The first-order chi connectivity index (χ1) is 4.39. The molecule has 6 heteroatoms. The van der Waals surface area contributed by atoms with E-state index in [9.17, 15) is 0 Å². The SMILES string of the molecule is CC[O][Ta]([Cl])([Cl])([Cl])[O]CC. The van der Waals surface area contributed by atoms with Gasteiger partial charge in [0.25, 0.3) is 0 Å². The molecule has 0 atom stereocenters. The van der Waals surface area contributed by atoms with Crippen LogP contribution in [0.3, 0.4) is 0 Å². The van der Waals surface area contributed by atoms with Gasteiger partial charge in [-0.3, -0.25) is 0 Å². The molecular weight excluding hydrogens is 367 g/mol. The minimum absolute atomic E-state index is 0.379. The van der Waals surface area contributed by atoms with Crippen LogP contribution in [-0.2, 0) is 19.9 Å². The Kier molecular flexibility index (Phi) is 4.57. The Hall–Kier alpha value is 1.53. The van der Waals surface area contributed by atoms with E-state index in [0.717, 1.165) is 0 Å². The summed E-state index contributed by atoms with van der Waals surface area (Å²) in [6.45, 7) is 4.29. The van der Waals surface area contributed by atoms with Gasteiger partial charge in [0.2, 0.25) is 0 Å². The van der Waals surface area contributed by atoms with Crippen LogP contribution in [-0.4, -0.2) is 13.2 Å². The van der Waals surface area contributed by atoms with Gasteiger partial charge in [-0.1, -0.05) is 0 Å². The summed E-state index contributed by atoms with van der Waals surface area (Å²) in [5, 5.41) is 0. The van der Waals surface area contributed by atoms with Crippen LogP contribution in [0.4, 0.5) is 0 Å². The predicted octanol–water partition coefficient (Wildman–Crippen LogP) is 3.04. The Morgan fingerprint density at radius 3 is 1.50 bits per heavy atom. The number of hydrogen-bond acceptors (Lipinski definition) is 2. The molecule has 0 aliphatic heterocycles. The number of hydrogen-bond donors (Lipinski definition) is 0. The van der Waals surface area contributed by atoms with Gasteiger partial charge in [-0.15, -0.1) is 0 Å². The predicted molar refractivity (Wildman–Crippen MR) is 40.8 cm³/mol. The third-order valence-electron chi connectivity index (χ3n) is 0.656. The third-order valence-corrected chi connectivity index (χ3v) is 10.2. The van der Waals surface area contributed by atoms with Gasteiger partial charge < -0.3 is 0 Å². The van der Waals surface area contributed by atoms with Crippen LogP contribution in [0.15, 0.2) is 0 Å². The zero-order valence-corrected chi connectivity index (χ0v) is 11.3. The van der Waals surface area contributed by atoms with Crippen molar-refractivity contribution < 1.29 is 19.9 Å². The first-order valence-electron chi connectivity index (χ1n) is 2.86. The number of rotatable bonds is 4. The second kappa shape index (κ2) is 3.97. The fourth-order valence-electron chi connectivity index (χ4n) is 0.435. The second-order valence-corrected chi connectivity index (χ2v) is 27.6. The van der Waals surface area contributed by atoms with Crippen molar-refractivity contribution in [1.29, 1.82) is 0 Å². The molecule has 0 saturated carbocycles. The zero-order valence-electron chi connectivity index (χ0n) is 5.81. The molecule has 0 amide bonds. The maximum absolute atomic E-state index is 5.69. The monoisotopic (exact) mass is 376 g/mol. The van der Waals surface area contributed by atoms with E-state index in [1.165, 1.54) is 0 Å². The van der Waals surface area contributed by atoms with Crippen molar-refractivity contribution >= 4 is 27.6 Å². The van der Waals surface area contributed by atoms with Crippen LogP contribution in [0.1, 0.15) is 13.8 Å². The molecule has 0 aromatic carbocycles. The summed E-state index contributed by atoms with van der Waals surface area (Å²) in [6, 6.07) is 0. The average molecular weight is 377 g/mol. The van der Waals surface area contributed by atoms with E-state index >= 15 is 0 Å². The number of halogens is 3. The van der Waals surface area contributed by atoms with E-state index in [1.807, 2.05) is 0 Å². The molecule has 0 saturated heterocycles. The molecule has 0 rings (SSSR count). The molecular formula is C4H10Cl3O2Ta. The Labute approximate surface area is 74.1 Å². The molecule has 0 spiro atoms. The van der Waals surface area contributed by atoms with Gasteiger partial charge in [-0.2, -0.15) is 0 Å². The Balaban J connectivity index is 3.97. The van der Waals surface area contributed by atoms with Crippen molar-refractivity contribution in [3.8, 4) is 0 Å². The van der Waals surface area contributed by atoms with Crippen molar-refractivity contribution in [3.63, 3.8) is 0 Å². The van der Waals surface area contributed by atoms with Crippen LogP contribution in [0, 0.1) is 0 Å². The Bertz CT molecular complexity index is 101. The fraction of sp³-hybridized carbons (Fsp3) is 1.00. The molecule has 0 fully saturated rings. The van der Waals surface area contributed by atoms with Crippen molar-refractivity contribution in [2.24, 2.45) is 0 Å². The minimum atomic E-state index is -4.61. The van der Waals surface area contributed by atoms with E-state index in [4.69, 9.17) is 34.1 Å². The summed E-state index contributed by atoms with van der Waals surface area (Å²) in [6.07, 6.45) is 0. The van der Waals surface area contributed by atoms with E-state index in [-0.39, 0.29) is 0 Å². The fourth-order valence-corrected chi connectivity index (χ4v) is 8.36. The molecule has 0 unspecified atom stereocenters. The van der Waals surface area contributed by atoms with E-state index < -0.39 is 13.4 Å². The summed E-state index contributed by atoms with van der Waals surface area (Å²) in [4.78, 5) is 0. The normalized spacial score (nSPS) is 16.3. The van der Waals surface area contributed by atoms with Crippen molar-refractivity contribution in [1.82, 2.24) is 0 Å². The molecule has 64 valence electrons. The third kappa shape index (κ3) is 5.22. The average Bonchev–Trinajstić information content (AvgIpc) is 1.61. The molecule has 0 N–H and O–H groups in total. The van der Waals surface area contributed by atoms with Crippen molar-refractivity contribution in [3.05, 3.63) is 0 Å². The standard InChI is InChI=1S/2C2H5O.3ClH.Ta/c2*1-2-3;;;;/h2*2H2,1H3;3*1H;/q2*-1;;;;+5/p-3. The summed E-state index contributed by atoms with van der Waals surface area (Å²) < 4.78 is 9.89. The van der Waals surface area contributed by atoms with Crippen molar-refractivity contribution in [2.45, 2.75) is 13.8 Å². The summed E-state index contributed by atoms with van der Waals surface area (Å²) >= 11 is -4.61. The summed E-state index contributed by atoms with van der Waals surface area (Å²) in [7, 11) is 17.1. The summed E-state index contributed by atoms with van der Waals surface area (Å²) in [5.41, 5.74) is 0.